The minimum Gasteiger partial charge on any atom is -0.475 e. The zero-order valence-corrected chi connectivity index (χ0v) is 13.6. The Morgan fingerprint density at radius 1 is 1.08 bits per heavy atom. The van der Waals surface area contributed by atoms with Crippen LogP contribution in [-0.2, 0) is 4.79 Å². The predicted octanol–water partition coefficient (Wildman–Crippen LogP) is 3.55. The van der Waals surface area contributed by atoms with E-state index in [1.54, 1.807) is 0 Å². The average Bonchev–Trinajstić information content (AvgIpc) is 2.60. The molecule has 9 heteroatoms. The lowest BCUT2D eigenvalue weighted by Crippen LogP contribution is -2.21. The molecule has 0 atom stereocenters. The Bertz CT molecular complexity index is 915. The van der Waals surface area contributed by atoms with Crippen LogP contribution in [0.4, 0.5) is 24.9 Å². The third kappa shape index (κ3) is 4.59. The molecule has 0 radical (unpaired) electrons. The Labute approximate surface area is 146 Å². The van der Waals surface area contributed by atoms with Crippen molar-refractivity contribution >= 4 is 28.6 Å². The van der Waals surface area contributed by atoms with Crippen molar-refractivity contribution in [1.82, 2.24) is 9.97 Å². The number of nitrogens with zero attached hydrogens (tertiary/aromatic N) is 2. The highest BCUT2D eigenvalue weighted by Crippen LogP contribution is 2.27. The number of aromatic nitrogens is 2. The van der Waals surface area contributed by atoms with Crippen LogP contribution in [0.2, 0.25) is 0 Å². The van der Waals surface area contributed by atoms with Crippen LogP contribution >= 0.6 is 0 Å². The minimum atomic E-state index is -5.08. The number of alkyl halides is 3. The lowest BCUT2D eigenvalue weighted by molar-refractivity contribution is -0.192. The zero-order chi connectivity index (χ0) is 19.3. The molecule has 0 aliphatic rings. The molecule has 26 heavy (non-hydrogen) atoms. The fraction of sp³-hybridized carbons (Fsp3) is 0.118. The van der Waals surface area contributed by atoms with Crippen LogP contribution in [0, 0.1) is 0 Å². The monoisotopic (exact) mass is 364 g/mol. The molecule has 0 unspecified atom stereocenters. The van der Waals surface area contributed by atoms with Gasteiger partial charge in [-0.05, 0) is 23.3 Å². The largest absolute Gasteiger partial charge is 0.490 e. The fourth-order valence-corrected chi connectivity index (χ4v) is 2.15. The number of nitrogens with one attached hydrogen (secondary N) is 1. The molecule has 0 aliphatic carbocycles. The highest BCUT2D eigenvalue weighted by atomic mass is 19.4. The Balaban J connectivity index is 0.000000298. The first kappa shape index (κ1) is 19.0. The number of carbonyl (C=O) groups is 1. The second-order valence-electron chi connectivity index (χ2n) is 5.08. The van der Waals surface area contributed by atoms with Crippen LogP contribution < -0.4 is 11.1 Å². The second-order valence-corrected chi connectivity index (χ2v) is 5.08. The Morgan fingerprint density at radius 3 is 2.23 bits per heavy atom. The number of halogens is 3. The van der Waals surface area contributed by atoms with Gasteiger partial charge < -0.3 is 16.2 Å². The number of carboxylic acid groups (broad SMARTS) is 1. The van der Waals surface area contributed by atoms with Crippen molar-refractivity contribution in [2.24, 2.45) is 0 Å². The van der Waals surface area contributed by atoms with Gasteiger partial charge in [-0.3, -0.25) is 0 Å². The van der Waals surface area contributed by atoms with E-state index in [-0.39, 0.29) is 5.95 Å². The van der Waals surface area contributed by atoms with E-state index >= 15 is 0 Å². The number of aliphatic carboxylic acids is 1. The molecule has 0 spiro atoms. The van der Waals surface area contributed by atoms with Crippen molar-refractivity contribution in [3.63, 3.8) is 0 Å². The molecule has 4 N–H and O–H groups in total. The van der Waals surface area contributed by atoms with E-state index in [2.05, 4.69) is 33.5 Å². The van der Waals surface area contributed by atoms with Gasteiger partial charge >= 0.3 is 12.1 Å². The number of nitrogens with two attached hydrogens (primary N) is 1. The summed E-state index contributed by atoms with van der Waals surface area (Å²) < 4.78 is 31.7. The molecule has 0 amide bonds. The molecule has 0 saturated heterocycles. The predicted molar refractivity (Wildman–Crippen MR) is 92.6 cm³/mol. The van der Waals surface area contributed by atoms with Gasteiger partial charge in [-0.15, -0.1) is 0 Å². The van der Waals surface area contributed by atoms with Gasteiger partial charge in [0.15, 0.2) is 0 Å². The van der Waals surface area contributed by atoms with Gasteiger partial charge in [0.25, 0.3) is 0 Å². The SMILES string of the molecule is CNc1nc(N)nc2cc(-c3ccccc3)ccc12.O=C(O)C(F)(F)F. The maximum Gasteiger partial charge on any atom is 0.490 e. The maximum atomic E-state index is 10.6. The first-order chi connectivity index (χ1) is 12.2. The summed E-state index contributed by atoms with van der Waals surface area (Å²) in [6.45, 7) is 0. The van der Waals surface area contributed by atoms with E-state index in [0.717, 1.165) is 27.8 Å². The number of rotatable bonds is 2. The number of benzene rings is 2. The first-order valence-corrected chi connectivity index (χ1v) is 7.33. The number of fused-ring (bicyclic) bond motifs is 1. The Hall–Kier alpha value is -3.36. The van der Waals surface area contributed by atoms with Crippen molar-refractivity contribution < 1.29 is 23.1 Å². The highest BCUT2D eigenvalue weighted by Gasteiger charge is 2.38. The van der Waals surface area contributed by atoms with E-state index in [1.165, 1.54) is 0 Å². The molecule has 3 rings (SSSR count). The molecule has 1 aromatic heterocycles. The van der Waals surface area contributed by atoms with Crippen molar-refractivity contribution in [3.05, 3.63) is 48.5 Å². The van der Waals surface area contributed by atoms with Gasteiger partial charge in [0, 0.05) is 12.4 Å². The number of anilines is 2. The molecule has 6 nitrogen and oxygen atoms in total. The maximum absolute atomic E-state index is 10.6. The van der Waals surface area contributed by atoms with E-state index in [4.69, 9.17) is 15.6 Å². The van der Waals surface area contributed by atoms with Crippen LogP contribution in [-0.4, -0.2) is 34.3 Å². The lowest BCUT2D eigenvalue weighted by Gasteiger charge is -2.08. The van der Waals surface area contributed by atoms with Crippen molar-refractivity contribution in [2.75, 3.05) is 18.1 Å². The molecule has 0 bridgehead atoms. The van der Waals surface area contributed by atoms with E-state index in [1.807, 2.05) is 37.4 Å². The van der Waals surface area contributed by atoms with Gasteiger partial charge in [-0.1, -0.05) is 36.4 Å². The summed E-state index contributed by atoms with van der Waals surface area (Å²) in [6, 6.07) is 16.3. The summed E-state index contributed by atoms with van der Waals surface area (Å²) in [5.41, 5.74) is 8.85. The van der Waals surface area contributed by atoms with E-state index in [0.29, 0.717) is 0 Å². The summed E-state index contributed by atoms with van der Waals surface area (Å²) in [5.74, 6) is -1.73. The highest BCUT2D eigenvalue weighted by molar-refractivity contribution is 5.92. The molecule has 2 aromatic carbocycles. The van der Waals surface area contributed by atoms with Crippen LogP contribution in [0.25, 0.3) is 22.0 Å². The van der Waals surface area contributed by atoms with Gasteiger partial charge in [0.2, 0.25) is 5.95 Å². The van der Waals surface area contributed by atoms with Crippen molar-refractivity contribution in [3.8, 4) is 11.1 Å². The number of hydrogen-bond donors (Lipinski definition) is 3. The third-order valence-corrected chi connectivity index (χ3v) is 3.30. The fourth-order valence-electron chi connectivity index (χ4n) is 2.15. The number of hydrogen-bond acceptors (Lipinski definition) is 5. The average molecular weight is 364 g/mol. The topological polar surface area (TPSA) is 101 Å². The third-order valence-electron chi connectivity index (χ3n) is 3.30. The molecular weight excluding hydrogens is 349 g/mol. The molecule has 3 aromatic rings. The van der Waals surface area contributed by atoms with Crippen LogP contribution in [0.5, 0.6) is 0 Å². The van der Waals surface area contributed by atoms with Crippen LogP contribution in [0.15, 0.2) is 48.5 Å². The number of carboxylic acids is 1. The van der Waals surface area contributed by atoms with E-state index < -0.39 is 12.1 Å². The molecular formula is C17H15F3N4O2. The molecule has 0 fully saturated rings. The minimum absolute atomic E-state index is 0.280. The van der Waals surface area contributed by atoms with Crippen LogP contribution in [0.1, 0.15) is 0 Å². The van der Waals surface area contributed by atoms with Gasteiger partial charge in [-0.25, -0.2) is 9.78 Å². The lowest BCUT2D eigenvalue weighted by atomic mass is 10.0. The molecule has 0 aliphatic heterocycles. The summed E-state index contributed by atoms with van der Waals surface area (Å²) in [4.78, 5) is 17.4. The molecule has 1 heterocycles. The Kier molecular flexibility index (Phi) is 5.61. The van der Waals surface area contributed by atoms with Gasteiger partial charge in [-0.2, -0.15) is 18.2 Å². The zero-order valence-electron chi connectivity index (χ0n) is 13.6. The Morgan fingerprint density at radius 2 is 1.69 bits per heavy atom. The van der Waals surface area contributed by atoms with Crippen LogP contribution in [0.3, 0.4) is 0 Å². The summed E-state index contributed by atoms with van der Waals surface area (Å²) in [7, 11) is 1.83. The quantitative estimate of drug-likeness (QED) is 0.643. The standard InChI is InChI=1S/C15H14N4.C2HF3O2/c1-17-14-12-8-7-11(10-5-3-2-4-6-10)9-13(12)18-15(16)19-14;3-2(4,5)1(6)7/h2-9H,1H3,(H3,16,17,18,19);(H,6,7). The summed E-state index contributed by atoms with van der Waals surface area (Å²) in [6.07, 6.45) is -5.08. The number of nitrogen functional groups attached to an aromatic ring is 1. The van der Waals surface area contributed by atoms with Crippen molar-refractivity contribution in [2.45, 2.75) is 6.18 Å². The summed E-state index contributed by atoms with van der Waals surface area (Å²) in [5, 5.41) is 11.1. The summed E-state index contributed by atoms with van der Waals surface area (Å²) >= 11 is 0. The van der Waals surface area contributed by atoms with Crippen molar-refractivity contribution in [1.29, 1.82) is 0 Å². The van der Waals surface area contributed by atoms with E-state index in [9.17, 15) is 13.2 Å². The van der Waals surface area contributed by atoms with Gasteiger partial charge in [0.05, 0.1) is 5.52 Å². The molecule has 136 valence electrons. The first-order valence-electron chi connectivity index (χ1n) is 7.33. The normalized spacial score (nSPS) is 10.8. The smallest absolute Gasteiger partial charge is 0.475 e. The molecule has 0 saturated carbocycles. The van der Waals surface area contributed by atoms with Gasteiger partial charge in [0.1, 0.15) is 5.82 Å². The second kappa shape index (κ2) is 7.68.